The molecule has 0 bridgehead atoms. The zero-order chi connectivity index (χ0) is 12.0. The van der Waals surface area contributed by atoms with Crippen molar-refractivity contribution in [3.05, 3.63) is 23.5 Å². The lowest BCUT2D eigenvalue weighted by molar-refractivity contribution is 0.143. The molecule has 5 nitrogen and oxygen atoms in total. The number of anilines is 1. The third kappa shape index (κ3) is 3.50. The molecular formula is C11H15N3O2. The van der Waals surface area contributed by atoms with Gasteiger partial charge in [0.15, 0.2) is 0 Å². The Morgan fingerprint density at radius 1 is 1.62 bits per heavy atom. The third-order valence-electron chi connectivity index (χ3n) is 2.21. The molecule has 0 radical (unpaired) electrons. The molecule has 0 aliphatic carbocycles. The van der Waals surface area contributed by atoms with Crippen LogP contribution in [-0.2, 0) is 0 Å². The SMILES string of the molecule is Cc1ncc(NCC(O)CCO)cc1C#N. The molecule has 1 atom stereocenters. The summed E-state index contributed by atoms with van der Waals surface area (Å²) in [5.41, 5.74) is 1.89. The average Bonchev–Trinajstić information content (AvgIpc) is 2.28. The van der Waals surface area contributed by atoms with E-state index in [1.54, 1.807) is 19.2 Å². The van der Waals surface area contributed by atoms with Gasteiger partial charge >= 0.3 is 0 Å². The summed E-state index contributed by atoms with van der Waals surface area (Å²) in [6.07, 6.45) is 1.34. The fraction of sp³-hybridized carbons (Fsp3) is 0.455. The van der Waals surface area contributed by atoms with Crippen molar-refractivity contribution in [1.29, 1.82) is 5.26 Å². The first-order chi connectivity index (χ1) is 7.67. The minimum absolute atomic E-state index is 0.0432. The Morgan fingerprint density at radius 2 is 2.38 bits per heavy atom. The highest BCUT2D eigenvalue weighted by molar-refractivity contribution is 5.48. The van der Waals surface area contributed by atoms with E-state index in [0.717, 1.165) is 0 Å². The maximum Gasteiger partial charge on any atom is 0.101 e. The number of hydrogen-bond acceptors (Lipinski definition) is 5. The van der Waals surface area contributed by atoms with Crippen LogP contribution >= 0.6 is 0 Å². The van der Waals surface area contributed by atoms with Gasteiger partial charge in [0, 0.05) is 13.2 Å². The van der Waals surface area contributed by atoms with Crippen molar-refractivity contribution >= 4 is 5.69 Å². The van der Waals surface area contributed by atoms with Crippen LogP contribution in [0.1, 0.15) is 17.7 Å². The average molecular weight is 221 g/mol. The molecule has 1 aromatic heterocycles. The lowest BCUT2D eigenvalue weighted by Gasteiger charge is -2.11. The third-order valence-corrected chi connectivity index (χ3v) is 2.21. The van der Waals surface area contributed by atoms with Gasteiger partial charge in [-0.25, -0.2) is 0 Å². The maximum absolute atomic E-state index is 9.38. The molecule has 0 aromatic carbocycles. The van der Waals surface area contributed by atoms with Crippen LogP contribution in [0.4, 0.5) is 5.69 Å². The standard InChI is InChI=1S/C11H15N3O2/c1-8-9(5-12)4-10(6-13-8)14-7-11(16)2-3-15/h4,6,11,14-16H,2-3,7H2,1H3. The summed E-state index contributed by atoms with van der Waals surface area (Å²) >= 11 is 0. The van der Waals surface area contributed by atoms with Gasteiger partial charge in [0.05, 0.1) is 29.2 Å². The van der Waals surface area contributed by atoms with Gasteiger partial charge in [-0.15, -0.1) is 0 Å². The molecule has 3 N–H and O–H groups in total. The number of aliphatic hydroxyl groups excluding tert-OH is 2. The van der Waals surface area contributed by atoms with Crippen molar-refractivity contribution < 1.29 is 10.2 Å². The van der Waals surface area contributed by atoms with E-state index in [0.29, 0.717) is 29.9 Å². The van der Waals surface area contributed by atoms with E-state index in [9.17, 15) is 5.11 Å². The molecule has 1 aromatic rings. The van der Waals surface area contributed by atoms with Gasteiger partial charge in [0.1, 0.15) is 6.07 Å². The van der Waals surface area contributed by atoms with Gasteiger partial charge < -0.3 is 15.5 Å². The molecule has 0 aliphatic heterocycles. The first kappa shape index (κ1) is 12.4. The highest BCUT2D eigenvalue weighted by Gasteiger charge is 2.04. The first-order valence-electron chi connectivity index (χ1n) is 5.07. The second kappa shape index (κ2) is 6.05. The van der Waals surface area contributed by atoms with Crippen molar-refractivity contribution in [2.45, 2.75) is 19.4 Å². The summed E-state index contributed by atoms with van der Waals surface area (Å²) in [6.45, 7) is 2.05. The van der Waals surface area contributed by atoms with E-state index >= 15 is 0 Å². The summed E-state index contributed by atoms with van der Waals surface area (Å²) in [7, 11) is 0. The summed E-state index contributed by atoms with van der Waals surface area (Å²) in [4.78, 5) is 4.06. The van der Waals surface area contributed by atoms with Crippen LogP contribution in [0.3, 0.4) is 0 Å². The van der Waals surface area contributed by atoms with Gasteiger partial charge in [-0.3, -0.25) is 4.98 Å². The highest BCUT2D eigenvalue weighted by atomic mass is 16.3. The molecule has 1 unspecified atom stereocenters. The Balaban J connectivity index is 2.58. The normalized spacial score (nSPS) is 11.9. The van der Waals surface area contributed by atoms with Gasteiger partial charge in [-0.1, -0.05) is 0 Å². The second-order valence-corrected chi connectivity index (χ2v) is 3.52. The second-order valence-electron chi connectivity index (χ2n) is 3.52. The first-order valence-corrected chi connectivity index (χ1v) is 5.07. The number of rotatable bonds is 5. The van der Waals surface area contributed by atoms with Crippen LogP contribution in [0, 0.1) is 18.3 Å². The van der Waals surface area contributed by atoms with Crippen molar-refractivity contribution in [3.63, 3.8) is 0 Å². The predicted molar refractivity (Wildman–Crippen MR) is 59.9 cm³/mol. The molecule has 1 heterocycles. The maximum atomic E-state index is 9.38. The van der Waals surface area contributed by atoms with Crippen molar-refractivity contribution in [1.82, 2.24) is 4.98 Å². The van der Waals surface area contributed by atoms with Crippen LogP contribution in [0.25, 0.3) is 0 Å². The smallest absolute Gasteiger partial charge is 0.101 e. The van der Waals surface area contributed by atoms with Gasteiger partial charge in [-0.05, 0) is 19.4 Å². The molecule has 5 heteroatoms. The fourth-order valence-corrected chi connectivity index (χ4v) is 1.23. The van der Waals surface area contributed by atoms with E-state index in [4.69, 9.17) is 10.4 Å². The number of aryl methyl sites for hydroxylation is 1. The van der Waals surface area contributed by atoms with Gasteiger partial charge in [0.2, 0.25) is 0 Å². The molecule has 0 saturated carbocycles. The predicted octanol–water partition coefficient (Wildman–Crippen LogP) is 0.417. The molecule has 16 heavy (non-hydrogen) atoms. The Morgan fingerprint density at radius 3 is 3.00 bits per heavy atom. The van der Waals surface area contributed by atoms with E-state index in [1.807, 2.05) is 6.07 Å². The number of nitrogens with zero attached hydrogens (tertiary/aromatic N) is 2. The number of hydrogen-bond donors (Lipinski definition) is 3. The number of nitriles is 1. The van der Waals surface area contributed by atoms with Crippen LogP contribution in [0.5, 0.6) is 0 Å². The Bertz CT molecular complexity index is 387. The lowest BCUT2D eigenvalue weighted by atomic mass is 10.2. The van der Waals surface area contributed by atoms with E-state index in [2.05, 4.69) is 10.3 Å². The van der Waals surface area contributed by atoms with E-state index in [1.165, 1.54) is 0 Å². The number of aromatic nitrogens is 1. The fourth-order valence-electron chi connectivity index (χ4n) is 1.23. The van der Waals surface area contributed by atoms with Crippen LogP contribution in [0.2, 0.25) is 0 Å². The minimum atomic E-state index is -0.600. The summed E-state index contributed by atoms with van der Waals surface area (Å²) in [6, 6.07) is 3.73. The molecule has 86 valence electrons. The summed E-state index contributed by atoms with van der Waals surface area (Å²) in [5, 5.41) is 29.8. The van der Waals surface area contributed by atoms with E-state index in [-0.39, 0.29) is 6.61 Å². The highest BCUT2D eigenvalue weighted by Crippen LogP contribution is 2.11. The quantitative estimate of drug-likeness (QED) is 0.670. The number of nitrogens with one attached hydrogen (secondary N) is 1. The van der Waals surface area contributed by atoms with Crippen LogP contribution in [-0.4, -0.2) is 34.5 Å². The Kier molecular flexibility index (Phi) is 4.70. The lowest BCUT2D eigenvalue weighted by Crippen LogP contribution is -2.20. The largest absolute Gasteiger partial charge is 0.396 e. The minimum Gasteiger partial charge on any atom is -0.396 e. The zero-order valence-corrected chi connectivity index (χ0v) is 9.14. The monoisotopic (exact) mass is 221 g/mol. The van der Waals surface area contributed by atoms with Gasteiger partial charge in [0.25, 0.3) is 0 Å². The number of pyridine rings is 1. The van der Waals surface area contributed by atoms with Crippen molar-refractivity contribution in [2.75, 3.05) is 18.5 Å². The van der Waals surface area contributed by atoms with E-state index < -0.39 is 6.10 Å². The molecule has 0 saturated heterocycles. The van der Waals surface area contributed by atoms with Crippen LogP contribution < -0.4 is 5.32 Å². The summed E-state index contributed by atoms with van der Waals surface area (Å²) < 4.78 is 0. The topological polar surface area (TPSA) is 89.2 Å². The molecule has 0 spiro atoms. The summed E-state index contributed by atoms with van der Waals surface area (Å²) in [5.74, 6) is 0. The molecular weight excluding hydrogens is 206 g/mol. The Hall–Kier alpha value is -1.64. The van der Waals surface area contributed by atoms with Gasteiger partial charge in [-0.2, -0.15) is 5.26 Å². The molecule has 0 fully saturated rings. The number of aliphatic hydroxyl groups is 2. The molecule has 0 amide bonds. The molecule has 1 rings (SSSR count). The Labute approximate surface area is 94.4 Å². The molecule has 0 aliphatic rings. The van der Waals surface area contributed by atoms with Crippen molar-refractivity contribution in [2.24, 2.45) is 0 Å². The van der Waals surface area contributed by atoms with Crippen LogP contribution in [0.15, 0.2) is 12.3 Å². The zero-order valence-electron chi connectivity index (χ0n) is 9.14. The van der Waals surface area contributed by atoms with Crippen molar-refractivity contribution in [3.8, 4) is 6.07 Å².